The van der Waals surface area contributed by atoms with Crippen molar-refractivity contribution in [1.29, 1.82) is 0 Å². The highest BCUT2D eigenvalue weighted by molar-refractivity contribution is 6.25. The van der Waals surface area contributed by atoms with Gasteiger partial charge in [0.15, 0.2) is 0 Å². The highest BCUT2D eigenvalue weighted by Crippen LogP contribution is 2.58. The van der Waals surface area contributed by atoms with E-state index in [4.69, 9.17) is 9.72 Å². The lowest BCUT2D eigenvalue weighted by Crippen LogP contribution is -2.25. The summed E-state index contributed by atoms with van der Waals surface area (Å²) < 4.78 is 9.60. The van der Waals surface area contributed by atoms with Crippen LogP contribution in [0.3, 0.4) is 0 Å². The van der Waals surface area contributed by atoms with Crippen LogP contribution in [0.1, 0.15) is 52.7 Å². The first kappa shape index (κ1) is 46.8. The van der Waals surface area contributed by atoms with Gasteiger partial charge in [0.05, 0.1) is 33.8 Å². The molecule has 0 saturated carbocycles. The van der Waals surface area contributed by atoms with Gasteiger partial charge in [-0.3, -0.25) is 4.40 Å². The fraction of sp³-hybridized carbons (Fsp3) is 0.122. The minimum Gasteiger partial charge on any atom is -0.457 e. The standard InChI is InChI=1S/C74H58N4O/c1-73(2,3)48-32-36-56-60-27-16-28-62-59-39-35-51(44-68(59)78(70(60)62)72-63(30-18-40-75-72)65-42-49(74(4,5)6)33-37-57(65)64(56)41-48)79-50-34-38-58-54-23-13-14-24-55(54)61-29-17-31-66-71(61)77(67(58)43-50)45-76(66)69-52(46-19-9-7-10-20-46)25-15-26-53(69)47-21-11-8-12-22-47/h7-44H,45H2,1-6H3. The zero-order valence-electron chi connectivity index (χ0n) is 45.3. The van der Waals surface area contributed by atoms with Crippen molar-refractivity contribution in [2.45, 2.75) is 52.4 Å². The first-order valence-electron chi connectivity index (χ1n) is 27.6. The summed E-state index contributed by atoms with van der Waals surface area (Å²) in [6.07, 6.45) is 1.94. The van der Waals surface area contributed by atoms with E-state index in [2.05, 4.69) is 280 Å². The van der Waals surface area contributed by atoms with E-state index < -0.39 is 0 Å². The molecule has 10 aromatic carbocycles. The monoisotopic (exact) mass is 1020 g/mol. The lowest BCUT2D eigenvalue weighted by Gasteiger charge is -2.28. The van der Waals surface area contributed by atoms with Crippen molar-refractivity contribution >= 4 is 82.5 Å². The Kier molecular flexibility index (Phi) is 10.4. The van der Waals surface area contributed by atoms with Gasteiger partial charge in [0.1, 0.15) is 23.8 Å². The van der Waals surface area contributed by atoms with Gasteiger partial charge in [-0.25, -0.2) is 4.98 Å². The van der Waals surface area contributed by atoms with Crippen molar-refractivity contribution < 1.29 is 4.74 Å². The van der Waals surface area contributed by atoms with Crippen LogP contribution >= 0.6 is 0 Å². The Hall–Kier alpha value is -9.45. The predicted molar refractivity (Wildman–Crippen MR) is 333 cm³/mol. The number of fused-ring (bicyclic) bond motifs is 15. The molecule has 0 unspecified atom stereocenters. The van der Waals surface area contributed by atoms with Gasteiger partial charge < -0.3 is 14.5 Å². The van der Waals surface area contributed by atoms with E-state index in [1.807, 2.05) is 6.20 Å². The van der Waals surface area contributed by atoms with Crippen LogP contribution in [0.25, 0.3) is 104 Å². The van der Waals surface area contributed by atoms with Crippen molar-refractivity contribution in [3.05, 3.63) is 242 Å². The Balaban J connectivity index is 0.935. The van der Waals surface area contributed by atoms with E-state index in [-0.39, 0.29) is 10.8 Å². The molecule has 79 heavy (non-hydrogen) atoms. The van der Waals surface area contributed by atoms with Crippen molar-refractivity contribution in [2.24, 2.45) is 0 Å². The fourth-order valence-electron chi connectivity index (χ4n) is 12.8. The normalized spacial score (nSPS) is 13.1. The van der Waals surface area contributed by atoms with Crippen molar-refractivity contribution in [3.63, 3.8) is 0 Å². The van der Waals surface area contributed by atoms with E-state index in [0.29, 0.717) is 6.67 Å². The second-order valence-corrected chi connectivity index (χ2v) is 23.5. The largest absolute Gasteiger partial charge is 0.457 e. The number of hydrogen-bond donors (Lipinski definition) is 0. The number of pyridine rings is 1. The zero-order chi connectivity index (χ0) is 53.3. The van der Waals surface area contributed by atoms with Crippen LogP contribution in [0.4, 0.5) is 22.7 Å². The van der Waals surface area contributed by atoms with Crippen LogP contribution in [0, 0.1) is 0 Å². The average Bonchev–Trinajstić information content (AvgIpc) is 3.93. The van der Waals surface area contributed by atoms with E-state index in [1.54, 1.807) is 0 Å². The summed E-state index contributed by atoms with van der Waals surface area (Å²) in [4.78, 5) is 10.4. The molecule has 5 heteroatoms. The minimum atomic E-state index is -0.0622. The van der Waals surface area contributed by atoms with Crippen LogP contribution in [-0.2, 0) is 10.8 Å². The maximum atomic E-state index is 7.19. The molecule has 5 nitrogen and oxygen atoms in total. The van der Waals surface area contributed by atoms with Crippen LogP contribution in [0.5, 0.6) is 11.5 Å². The van der Waals surface area contributed by atoms with Gasteiger partial charge in [-0.2, -0.15) is 0 Å². The predicted octanol–water partition coefficient (Wildman–Crippen LogP) is 20.3. The van der Waals surface area contributed by atoms with Crippen LogP contribution in [-0.4, -0.2) is 16.1 Å². The lowest BCUT2D eigenvalue weighted by molar-refractivity contribution is 0.483. The van der Waals surface area contributed by atoms with Crippen LogP contribution in [0.2, 0.25) is 0 Å². The van der Waals surface area contributed by atoms with Gasteiger partial charge in [0, 0.05) is 62.1 Å². The van der Waals surface area contributed by atoms with Crippen LogP contribution in [0.15, 0.2) is 231 Å². The van der Waals surface area contributed by atoms with E-state index in [1.165, 1.54) is 93.8 Å². The molecule has 0 N–H and O–H groups in total. The molecular weight excluding hydrogens is 961 g/mol. The van der Waals surface area contributed by atoms with Gasteiger partial charge in [-0.1, -0.05) is 199 Å². The van der Waals surface area contributed by atoms with Gasteiger partial charge in [0.2, 0.25) is 0 Å². The number of benzene rings is 10. The molecule has 0 bridgehead atoms. The number of ether oxygens (including phenoxy) is 1. The Morgan fingerprint density at radius 3 is 1.57 bits per heavy atom. The average molecular weight is 1020 g/mol. The molecule has 2 aliphatic heterocycles. The molecule has 15 rings (SSSR count). The summed E-state index contributed by atoms with van der Waals surface area (Å²) >= 11 is 0. The molecule has 380 valence electrons. The number of anilines is 4. The molecule has 2 aliphatic rings. The molecule has 0 amide bonds. The number of rotatable bonds is 5. The third-order valence-corrected chi connectivity index (χ3v) is 16.7. The highest BCUT2D eigenvalue weighted by Gasteiger charge is 2.37. The highest BCUT2D eigenvalue weighted by atomic mass is 16.5. The SMILES string of the molecule is CC(C)(C)c1ccc2c(c1)c1ccc(C(C)(C)C)cc1c1cccnc1n1c3cc(Oc4ccc5c(c4)N4CN(c6c(-c7ccccc7)cccc6-c6ccccc6)c6cccc(c64)-c4ccccc4-5)ccc3c3cccc2c31. The summed E-state index contributed by atoms with van der Waals surface area (Å²) in [5.74, 6) is 1.51. The van der Waals surface area contributed by atoms with Crippen molar-refractivity contribution in [3.8, 4) is 56.0 Å². The topological polar surface area (TPSA) is 33.0 Å². The van der Waals surface area contributed by atoms with Gasteiger partial charge >= 0.3 is 0 Å². The Bertz CT molecular complexity index is 4640. The first-order chi connectivity index (χ1) is 38.5. The molecule has 3 aromatic heterocycles. The Labute approximate surface area is 460 Å². The van der Waals surface area contributed by atoms with Crippen molar-refractivity contribution in [1.82, 2.24) is 9.38 Å². The summed E-state index contributed by atoms with van der Waals surface area (Å²) in [7, 11) is 0. The quantitative estimate of drug-likeness (QED) is 0.172. The second-order valence-electron chi connectivity index (χ2n) is 23.5. The molecule has 0 saturated heterocycles. The van der Waals surface area contributed by atoms with Crippen molar-refractivity contribution in [2.75, 3.05) is 16.5 Å². The molecule has 0 fully saturated rings. The maximum Gasteiger partial charge on any atom is 0.145 e. The maximum absolute atomic E-state index is 7.19. The van der Waals surface area contributed by atoms with E-state index >= 15 is 0 Å². The Morgan fingerprint density at radius 2 is 0.886 bits per heavy atom. The minimum absolute atomic E-state index is 0.0406. The smallest absolute Gasteiger partial charge is 0.145 e. The van der Waals surface area contributed by atoms with E-state index in [0.717, 1.165) is 55.9 Å². The second kappa shape index (κ2) is 17.5. The third kappa shape index (κ3) is 7.40. The van der Waals surface area contributed by atoms with Gasteiger partial charge in [-0.15, -0.1) is 0 Å². The molecule has 0 spiro atoms. The molecular formula is C74H58N4O. The fourth-order valence-corrected chi connectivity index (χ4v) is 12.8. The molecule has 13 aromatic rings. The van der Waals surface area contributed by atoms with Crippen LogP contribution < -0.4 is 14.5 Å². The summed E-state index contributed by atoms with van der Waals surface area (Å²) in [5, 5.41) is 9.38. The summed E-state index contributed by atoms with van der Waals surface area (Å²) in [6, 6.07) is 82.6. The first-order valence-corrected chi connectivity index (χ1v) is 27.6. The number of aromatic nitrogens is 2. The van der Waals surface area contributed by atoms with E-state index in [9.17, 15) is 0 Å². The third-order valence-electron chi connectivity index (χ3n) is 16.7. The molecule has 5 heterocycles. The number of hydrogen-bond acceptors (Lipinski definition) is 4. The molecule has 0 atom stereocenters. The number of nitrogens with zero attached hydrogens (tertiary/aromatic N) is 4. The summed E-state index contributed by atoms with van der Waals surface area (Å²) in [5.41, 5.74) is 19.7. The molecule has 0 aliphatic carbocycles. The molecule has 0 radical (unpaired) electrons. The van der Waals surface area contributed by atoms with Gasteiger partial charge in [0.25, 0.3) is 0 Å². The summed E-state index contributed by atoms with van der Waals surface area (Å²) in [6.45, 7) is 14.4. The zero-order valence-corrected chi connectivity index (χ0v) is 45.3. The number of para-hydroxylation sites is 3. The lowest BCUT2D eigenvalue weighted by atomic mass is 9.84. The Morgan fingerprint density at radius 1 is 0.367 bits per heavy atom. The van der Waals surface area contributed by atoms with Gasteiger partial charge in [-0.05, 0) is 120 Å².